The maximum Gasteiger partial charge on any atom is 0.407 e. The van der Waals surface area contributed by atoms with E-state index in [-0.39, 0.29) is 11.9 Å². The van der Waals surface area contributed by atoms with E-state index >= 15 is 0 Å². The highest BCUT2D eigenvalue weighted by Crippen LogP contribution is 2.41. The van der Waals surface area contributed by atoms with Crippen LogP contribution in [0.5, 0.6) is 5.88 Å². The van der Waals surface area contributed by atoms with Crippen LogP contribution in [0.15, 0.2) is 6.07 Å². The number of carbonyl (C=O) groups is 2. The monoisotopic (exact) mass is 486 g/mol. The van der Waals surface area contributed by atoms with Crippen LogP contribution < -0.4 is 9.64 Å². The molecule has 0 atom stereocenters. The number of carboxylic acid groups (broad SMARTS) is 1. The van der Waals surface area contributed by atoms with E-state index in [0.29, 0.717) is 32.1 Å². The molecule has 2 aromatic heterocycles. The Morgan fingerprint density at radius 3 is 2.59 bits per heavy atom. The molecule has 0 spiro atoms. The lowest BCUT2D eigenvalue weighted by atomic mass is 10.0. The highest BCUT2D eigenvalue weighted by Gasteiger charge is 2.34. The SMILES string of the molecule is CCN(c1sc2c(c1C)C(=O)N(Cc1c(C)cc(C)nc1OC)CC2)C1CCN(C(=O)O)CC1. The van der Waals surface area contributed by atoms with Gasteiger partial charge in [-0.15, -0.1) is 11.3 Å². The molecule has 2 aliphatic heterocycles. The summed E-state index contributed by atoms with van der Waals surface area (Å²) < 4.78 is 5.52. The molecule has 184 valence electrons. The van der Waals surface area contributed by atoms with Crippen LogP contribution in [0.1, 0.15) is 57.4 Å². The van der Waals surface area contributed by atoms with E-state index in [9.17, 15) is 14.7 Å². The molecular formula is C25H34N4O4S. The number of carbonyl (C=O) groups excluding carboxylic acids is 1. The van der Waals surface area contributed by atoms with Gasteiger partial charge in [-0.2, -0.15) is 0 Å². The molecule has 4 rings (SSSR count). The minimum absolute atomic E-state index is 0.0695. The number of thiophene rings is 1. The average molecular weight is 487 g/mol. The number of fused-ring (bicyclic) bond motifs is 1. The van der Waals surface area contributed by atoms with Gasteiger partial charge in [0.05, 0.1) is 24.2 Å². The highest BCUT2D eigenvalue weighted by molar-refractivity contribution is 7.16. The molecule has 2 aromatic rings. The van der Waals surface area contributed by atoms with Gasteiger partial charge in [0.1, 0.15) is 0 Å². The lowest BCUT2D eigenvalue weighted by Crippen LogP contribution is -2.46. The third kappa shape index (κ3) is 4.45. The Bertz CT molecular complexity index is 1090. The number of rotatable bonds is 6. The Balaban J connectivity index is 1.57. The first-order valence-corrected chi connectivity index (χ1v) is 12.7. The smallest absolute Gasteiger partial charge is 0.407 e. The van der Waals surface area contributed by atoms with Gasteiger partial charge in [-0.3, -0.25) is 4.79 Å². The Morgan fingerprint density at radius 2 is 1.97 bits per heavy atom. The zero-order valence-electron chi connectivity index (χ0n) is 20.7. The highest BCUT2D eigenvalue weighted by atomic mass is 32.1. The summed E-state index contributed by atoms with van der Waals surface area (Å²) in [5, 5.41) is 10.4. The molecule has 8 nitrogen and oxygen atoms in total. The fraction of sp³-hybridized carbons (Fsp3) is 0.560. The number of ether oxygens (including phenoxy) is 1. The van der Waals surface area contributed by atoms with Crippen LogP contribution in [0.4, 0.5) is 9.80 Å². The summed E-state index contributed by atoms with van der Waals surface area (Å²) in [4.78, 5) is 36.4. The van der Waals surface area contributed by atoms with Crippen molar-refractivity contribution in [1.82, 2.24) is 14.8 Å². The van der Waals surface area contributed by atoms with Gasteiger partial charge in [0, 0.05) is 54.8 Å². The summed E-state index contributed by atoms with van der Waals surface area (Å²) in [6.45, 7) is 11.3. The van der Waals surface area contributed by atoms with Crippen molar-refractivity contribution in [3.63, 3.8) is 0 Å². The lowest BCUT2D eigenvalue weighted by Gasteiger charge is -2.38. The van der Waals surface area contributed by atoms with Gasteiger partial charge >= 0.3 is 6.09 Å². The number of likely N-dealkylation sites (tertiary alicyclic amines) is 1. The number of aryl methyl sites for hydroxylation is 2. The van der Waals surface area contributed by atoms with Crippen molar-refractivity contribution in [3.8, 4) is 5.88 Å². The van der Waals surface area contributed by atoms with E-state index in [4.69, 9.17) is 4.74 Å². The number of hydrogen-bond acceptors (Lipinski definition) is 6. The molecule has 2 aliphatic rings. The zero-order valence-corrected chi connectivity index (χ0v) is 21.5. The number of piperidine rings is 1. The van der Waals surface area contributed by atoms with Gasteiger partial charge in [0.15, 0.2) is 0 Å². The minimum atomic E-state index is -0.842. The van der Waals surface area contributed by atoms with Gasteiger partial charge in [-0.1, -0.05) is 0 Å². The minimum Gasteiger partial charge on any atom is -0.481 e. The van der Waals surface area contributed by atoms with Crippen molar-refractivity contribution < 1.29 is 19.4 Å². The number of aromatic nitrogens is 1. The topological polar surface area (TPSA) is 86.2 Å². The molecule has 1 N–H and O–H groups in total. The molecule has 34 heavy (non-hydrogen) atoms. The number of hydrogen-bond donors (Lipinski definition) is 1. The predicted octanol–water partition coefficient (Wildman–Crippen LogP) is 4.24. The first-order chi connectivity index (χ1) is 16.2. The van der Waals surface area contributed by atoms with Crippen molar-refractivity contribution >= 4 is 28.3 Å². The summed E-state index contributed by atoms with van der Waals surface area (Å²) in [7, 11) is 1.62. The maximum atomic E-state index is 13.6. The van der Waals surface area contributed by atoms with Gasteiger partial charge in [0.2, 0.25) is 5.88 Å². The molecule has 0 radical (unpaired) electrons. The van der Waals surface area contributed by atoms with E-state index in [2.05, 4.69) is 23.7 Å². The Labute approximate surface area is 205 Å². The summed E-state index contributed by atoms with van der Waals surface area (Å²) in [6.07, 6.45) is 1.61. The van der Waals surface area contributed by atoms with Gasteiger partial charge in [-0.05, 0) is 57.7 Å². The second-order valence-corrected chi connectivity index (χ2v) is 10.2. The summed E-state index contributed by atoms with van der Waals surface area (Å²) in [5.74, 6) is 0.656. The molecule has 1 fully saturated rings. The first-order valence-electron chi connectivity index (χ1n) is 11.9. The Morgan fingerprint density at radius 1 is 1.26 bits per heavy atom. The van der Waals surface area contributed by atoms with Gasteiger partial charge < -0.3 is 24.5 Å². The van der Waals surface area contributed by atoms with Crippen LogP contribution in [0.3, 0.4) is 0 Å². The third-order valence-electron chi connectivity index (χ3n) is 7.06. The van der Waals surface area contributed by atoms with Crippen LogP contribution in [-0.4, -0.2) is 71.2 Å². The fourth-order valence-electron chi connectivity index (χ4n) is 5.25. The molecule has 0 aliphatic carbocycles. The van der Waals surface area contributed by atoms with Crippen LogP contribution >= 0.6 is 11.3 Å². The number of nitrogens with zero attached hydrogens (tertiary/aromatic N) is 4. The van der Waals surface area contributed by atoms with Crippen molar-refractivity contribution in [3.05, 3.63) is 38.9 Å². The van der Waals surface area contributed by atoms with E-state index in [1.165, 1.54) is 4.90 Å². The molecule has 4 heterocycles. The maximum absolute atomic E-state index is 13.6. The van der Waals surface area contributed by atoms with E-state index in [1.807, 2.05) is 24.8 Å². The first kappa shape index (κ1) is 24.3. The summed E-state index contributed by atoms with van der Waals surface area (Å²) >= 11 is 1.73. The largest absolute Gasteiger partial charge is 0.481 e. The molecule has 0 saturated carbocycles. The third-order valence-corrected chi connectivity index (χ3v) is 8.45. The lowest BCUT2D eigenvalue weighted by molar-refractivity contribution is 0.0726. The molecule has 0 aromatic carbocycles. The number of pyridine rings is 1. The molecule has 0 unspecified atom stereocenters. The number of methoxy groups -OCH3 is 1. The summed E-state index contributed by atoms with van der Waals surface area (Å²) in [6, 6.07) is 2.32. The molecule has 1 saturated heterocycles. The standard InChI is InChI=1S/C25H34N4O4S/c1-6-29(18-7-10-27(11-8-18)25(31)32)24-17(4)21-20(34-24)9-12-28(23(21)30)14-19-15(2)13-16(3)26-22(19)33-5/h13,18H,6-12,14H2,1-5H3,(H,31,32). The van der Waals surface area contributed by atoms with Crippen molar-refractivity contribution in [2.75, 3.05) is 38.2 Å². The van der Waals surface area contributed by atoms with Gasteiger partial charge in [0.25, 0.3) is 5.91 Å². The quantitative estimate of drug-likeness (QED) is 0.657. The summed E-state index contributed by atoms with van der Waals surface area (Å²) in [5.41, 5.74) is 4.82. The zero-order chi connectivity index (χ0) is 24.6. The number of amides is 2. The van der Waals surface area contributed by atoms with E-state index < -0.39 is 6.09 Å². The Hall–Kier alpha value is -2.81. The van der Waals surface area contributed by atoms with Crippen LogP contribution in [-0.2, 0) is 13.0 Å². The van der Waals surface area contributed by atoms with Crippen LogP contribution in [0, 0.1) is 20.8 Å². The van der Waals surface area contributed by atoms with Crippen LogP contribution in [0.25, 0.3) is 0 Å². The second kappa shape index (κ2) is 9.82. The fourth-order valence-corrected chi connectivity index (χ4v) is 6.67. The molecule has 0 bridgehead atoms. The van der Waals surface area contributed by atoms with E-state index in [0.717, 1.165) is 63.6 Å². The predicted molar refractivity (Wildman–Crippen MR) is 133 cm³/mol. The average Bonchev–Trinajstić information content (AvgIpc) is 3.14. The van der Waals surface area contributed by atoms with E-state index in [1.54, 1.807) is 18.4 Å². The van der Waals surface area contributed by atoms with Gasteiger partial charge in [-0.25, -0.2) is 9.78 Å². The molecule has 2 amide bonds. The van der Waals surface area contributed by atoms with Crippen molar-refractivity contribution in [2.24, 2.45) is 0 Å². The normalized spacial score (nSPS) is 16.6. The molecule has 9 heteroatoms. The van der Waals surface area contributed by atoms with Crippen molar-refractivity contribution in [1.29, 1.82) is 0 Å². The Kier molecular flexibility index (Phi) is 7.02. The molecular weight excluding hydrogens is 452 g/mol. The number of anilines is 1. The second-order valence-electron chi connectivity index (χ2n) is 9.16. The van der Waals surface area contributed by atoms with Crippen LogP contribution in [0.2, 0.25) is 0 Å². The van der Waals surface area contributed by atoms with Crippen molar-refractivity contribution in [2.45, 2.75) is 59.5 Å².